The average molecular weight is 343 g/mol. The molecule has 0 aromatic heterocycles. The second-order valence-corrected chi connectivity index (χ2v) is 5.99. The lowest BCUT2D eigenvalue weighted by Crippen LogP contribution is -2.38. The van der Waals surface area contributed by atoms with Crippen molar-refractivity contribution >= 4 is 21.9 Å². The Balaban J connectivity index is 2.58. The van der Waals surface area contributed by atoms with Crippen molar-refractivity contribution in [3.8, 4) is 11.5 Å². The Labute approximate surface area is 127 Å². The highest BCUT2D eigenvalue weighted by atomic mass is 79.9. The second kappa shape index (κ2) is 6.04. The maximum absolute atomic E-state index is 11.9. The lowest BCUT2D eigenvalue weighted by molar-refractivity contribution is -0.145. The fraction of sp³-hybridized carbons (Fsp3) is 0.533. The zero-order valence-electron chi connectivity index (χ0n) is 11.7. The third kappa shape index (κ3) is 2.51. The van der Waals surface area contributed by atoms with Crippen molar-refractivity contribution in [2.75, 3.05) is 14.2 Å². The van der Waals surface area contributed by atoms with Crippen LogP contribution in [0.15, 0.2) is 16.6 Å². The number of halogens is 1. The summed E-state index contributed by atoms with van der Waals surface area (Å²) in [6, 6.07) is 3.58. The molecule has 110 valence electrons. The van der Waals surface area contributed by atoms with E-state index in [1.165, 1.54) is 0 Å². The highest BCUT2D eigenvalue weighted by Gasteiger charge is 2.43. The zero-order valence-corrected chi connectivity index (χ0v) is 13.3. The molecule has 1 N–H and O–H groups in total. The Morgan fingerprint density at radius 2 is 1.75 bits per heavy atom. The standard InChI is InChI=1S/C15H19BrO4/c1-19-12-9-13(20-2)11(16)8-10(12)15(14(17)18)6-4-3-5-7-15/h8-9H,3-7H2,1-2H3,(H,17,18). The smallest absolute Gasteiger partial charge is 0.314 e. The van der Waals surface area contributed by atoms with E-state index in [1.807, 2.05) is 6.07 Å². The molecule has 0 saturated heterocycles. The minimum atomic E-state index is -0.849. The Hall–Kier alpha value is -1.23. The van der Waals surface area contributed by atoms with Gasteiger partial charge in [-0.15, -0.1) is 0 Å². The van der Waals surface area contributed by atoms with E-state index in [-0.39, 0.29) is 0 Å². The maximum atomic E-state index is 11.9. The van der Waals surface area contributed by atoms with Crippen molar-refractivity contribution in [2.45, 2.75) is 37.5 Å². The maximum Gasteiger partial charge on any atom is 0.314 e. The molecule has 1 fully saturated rings. The fourth-order valence-corrected chi connectivity index (χ4v) is 3.49. The van der Waals surface area contributed by atoms with Crippen LogP contribution < -0.4 is 9.47 Å². The first-order valence-electron chi connectivity index (χ1n) is 6.70. The Morgan fingerprint density at radius 1 is 1.15 bits per heavy atom. The van der Waals surface area contributed by atoms with Crippen LogP contribution in [0.3, 0.4) is 0 Å². The molecule has 0 amide bonds. The van der Waals surface area contributed by atoms with Crippen LogP contribution in [0.2, 0.25) is 0 Å². The van der Waals surface area contributed by atoms with Gasteiger partial charge in [-0.25, -0.2) is 0 Å². The van der Waals surface area contributed by atoms with E-state index in [0.717, 1.165) is 29.3 Å². The molecule has 0 spiro atoms. The molecular weight excluding hydrogens is 324 g/mol. The molecule has 4 nitrogen and oxygen atoms in total. The molecule has 20 heavy (non-hydrogen) atoms. The van der Waals surface area contributed by atoms with Gasteiger partial charge in [0.25, 0.3) is 0 Å². The van der Waals surface area contributed by atoms with E-state index in [2.05, 4.69) is 15.9 Å². The molecule has 1 aliphatic rings. The zero-order chi connectivity index (χ0) is 14.8. The number of methoxy groups -OCH3 is 2. The monoisotopic (exact) mass is 342 g/mol. The van der Waals surface area contributed by atoms with E-state index in [9.17, 15) is 9.90 Å². The van der Waals surface area contributed by atoms with Crippen LogP contribution in [0.25, 0.3) is 0 Å². The van der Waals surface area contributed by atoms with Gasteiger partial charge in [-0.3, -0.25) is 4.79 Å². The number of rotatable bonds is 4. The van der Waals surface area contributed by atoms with Gasteiger partial charge in [-0.2, -0.15) is 0 Å². The summed E-state index contributed by atoms with van der Waals surface area (Å²) in [4.78, 5) is 11.9. The van der Waals surface area contributed by atoms with Gasteiger partial charge in [0.15, 0.2) is 0 Å². The number of carboxylic acids is 1. The number of aliphatic carboxylic acids is 1. The summed E-state index contributed by atoms with van der Waals surface area (Å²) >= 11 is 3.44. The van der Waals surface area contributed by atoms with E-state index >= 15 is 0 Å². The van der Waals surface area contributed by atoms with Crippen LogP contribution in [0.1, 0.15) is 37.7 Å². The second-order valence-electron chi connectivity index (χ2n) is 5.13. The van der Waals surface area contributed by atoms with Crippen molar-refractivity contribution in [3.63, 3.8) is 0 Å². The van der Waals surface area contributed by atoms with Gasteiger partial charge < -0.3 is 14.6 Å². The van der Waals surface area contributed by atoms with Crippen LogP contribution in [0, 0.1) is 0 Å². The van der Waals surface area contributed by atoms with Crippen molar-refractivity contribution in [1.82, 2.24) is 0 Å². The summed E-state index contributed by atoms with van der Waals surface area (Å²) in [5.41, 5.74) is -0.113. The quantitative estimate of drug-likeness (QED) is 0.905. The molecule has 0 radical (unpaired) electrons. The van der Waals surface area contributed by atoms with Crippen LogP contribution in [0.5, 0.6) is 11.5 Å². The van der Waals surface area contributed by atoms with Gasteiger partial charge in [0.05, 0.1) is 24.1 Å². The molecule has 1 aromatic rings. The average Bonchev–Trinajstić information content (AvgIpc) is 2.47. The Morgan fingerprint density at radius 3 is 2.25 bits per heavy atom. The number of carbonyl (C=O) groups is 1. The first-order chi connectivity index (χ1) is 9.55. The van der Waals surface area contributed by atoms with Gasteiger partial charge in [0, 0.05) is 11.6 Å². The van der Waals surface area contributed by atoms with Gasteiger partial charge in [-0.05, 0) is 34.8 Å². The molecular formula is C15H19BrO4. The van der Waals surface area contributed by atoms with Crippen LogP contribution in [-0.2, 0) is 10.2 Å². The third-order valence-corrected chi connectivity index (χ3v) is 4.73. The number of hydrogen-bond donors (Lipinski definition) is 1. The van der Waals surface area contributed by atoms with Gasteiger partial charge in [0.1, 0.15) is 11.5 Å². The van der Waals surface area contributed by atoms with Crippen molar-refractivity contribution in [2.24, 2.45) is 0 Å². The van der Waals surface area contributed by atoms with Gasteiger partial charge in [0.2, 0.25) is 0 Å². The van der Waals surface area contributed by atoms with Crippen molar-refractivity contribution in [3.05, 3.63) is 22.2 Å². The highest BCUT2D eigenvalue weighted by molar-refractivity contribution is 9.10. The lowest BCUT2D eigenvalue weighted by atomic mass is 9.69. The van der Waals surface area contributed by atoms with Crippen molar-refractivity contribution in [1.29, 1.82) is 0 Å². The SMILES string of the molecule is COc1cc(OC)c(C2(C(=O)O)CCCCC2)cc1Br. The Bertz CT molecular complexity index is 507. The lowest BCUT2D eigenvalue weighted by Gasteiger charge is -2.34. The highest BCUT2D eigenvalue weighted by Crippen LogP contribution is 2.46. The summed E-state index contributed by atoms with van der Waals surface area (Å²) < 4.78 is 11.4. The topological polar surface area (TPSA) is 55.8 Å². The summed E-state index contributed by atoms with van der Waals surface area (Å²) in [5, 5.41) is 9.78. The first-order valence-corrected chi connectivity index (χ1v) is 7.50. The Kier molecular flexibility index (Phi) is 4.58. The first kappa shape index (κ1) is 15.2. The molecule has 0 bridgehead atoms. The molecule has 0 heterocycles. The molecule has 2 rings (SSSR count). The molecule has 1 aromatic carbocycles. The summed E-state index contributed by atoms with van der Waals surface area (Å²) in [6.07, 6.45) is 4.25. The minimum Gasteiger partial charge on any atom is -0.496 e. The van der Waals surface area contributed by atoms with Crippen molar-refractivity contribution < 1.29 is 19.4 Å². The largest absolute Gasteiger partial charge is 0.496 e. The van der Waals surface area contributed by atoms with E-state index in [4.69, 9.17) is 9.47 Å². The van der Waals surface area contributed by atoms with E-state index < -0.39 is 11.4 Å². The predicted octanol–water partition coefficient (Wildman–Crippen LogP) is 3.75. The number of ether oxygens (including phenoxy) is 2. The minimum absolute atomic E-state index is 0.578. The van der Waals surface area contributed by atoms with E-state index in [1.54, 1.807) is 20.3 Å². The number of hydrogen-bond acceptors (Lipinski definition) is 3. The van der Waals surface area contributed by atoms with Crippen LogP contribution >= 0.6 is 15.9 Å². The summed E-state index contributed by atoms with van der Waals surface area (Å²) in [5.74, 6) is 0.448. The van der Waals surface area contributed by atoms with Crippen LogP contribution in [-0.4, -0.2) is 25.3 Å². The van der Waals surface area contributed by atoms with Gasteiger partial charge >= 0.3 is 5.97 Å². The number of benzene rings is 1. The molecule has 1 saturated carbocycles. The molecule has 5 heteroatoms. The summed E-state index contributed by atoms with van der Waals surface area (Å²) in [6.45, 7) is 0. The molecule has 1 aliphatic carbocycles. The molecule has 0 unspecified atom stereocenters. The predicted molar refractivity (Wildman–Crippen MR) is 79.6 cm³/mol. The normalized spacial score (nSPS) is 17.6. The summed E-state index contributed by atoms with van der Waals surface area (Å²) in [7, 11) is 3.14. The van der Waals surface area contributed by atoms with Gasteiger partial charge in [-0.1, -0.05) is 19.3 Å². The number of carboxylic acid groups (broad SMARTS) is 1. The fourth-order valence-electron chi connectivity index (χ4n) is 2.99. The molecule has 0 aliphatic heterocycles. The third-order valence-electron chi connectivity index (χ3n) is 4.11. The van der Waals surface area contributed by atoms with Crippen LogP contribution in [0.4, 0.5) is 0 Å². The van der Waals surface area contributed by atoms with E-state index in [0.29, 0.717) is 24.3 Å². The molecule has 0 atom stereocenters.